The summed E-state index contributed by atoms with van der Waals surface area (Å²) in [5.74, 6) is -0.750. The average Bonchev–Trinajstić information content (AvgIpc) is 3.43. The largest absolute Gasteiger partial charge is 0.372 e. The third kappa shape index (κ3) is 3.76. The Morgan fingerprint density at radius 2 is 1.34 bits per heavy atom. The number of benzene rings is 3. The van der Waals surface area contributed by atoms with Crippen LogP contribution in [-0.2, 0) is 9.59 Å². The summed E-state index contributed by atoms with van der Waals surface area (Å²) in [6, 6.07) is 24.0. The minimum Gasteiger partial charge on any atom is -0.372 e. The van der Waals surface area contributed by atoms with Crippen LogP contribution in [0.15, 0.2) is 84.6 Å². The Morgan fingerprint density at radius 1 is 0.719 bits per heavy atom. The van der Waals surface area contributed by atoms with Gasteiger partial charge in [0.2, 0.25) is 0 Å². The van der Waals surface area contributed by atoms with Crippen molar-refractivity contribution in [2.75, 3.05) is 28.2 Å². The fourth-order valence-corrected chi connectivity index (χ4v) is 4.34. The molecule has 0 radical (unpaired) electrons. The number of carbonyl (C=O) groups excluding carboxylic acids is 2. The van der Waals surface area contributed by atoms with Crippen molar-refractivity contribution in [2.24, 2.45) is 0 Å². The van der Waals surface area contributed by atoms with Gasteiger partial charge in [0, 0.05) is 29.5 Å². The third-order valence-corrected chi connectivity index (χ3v) is 6.09. The normalized spacial score (nSPS) is 16.3. The van der Waals surface area contributed by atoms with Gasteiger partial charge in [-0.3, -0.25) is 9.59 Å². The summed E-state index contributed by atoms with van der Waals surface area (Å²) in [5, 5.41) is 3.76. The average molecular weight is 444 g/mol. The molecule has 2 aliphatic heterocycles. The van der Waals surface area contributed by atoms with Crippen molar-refractivity contribution in [1.29, 1.82) is 0 Å². The molecule has 2 heterocycles. The Balaban J connectivity index is 1.50. The molecule has 0 spiro atoms. The van der Waals surface area contributed by atoms with E-state index in [4.69, 9.17) is 11.6 Å². The van der Waals surface area contributed by atoms with Gasteiger partial charge in [0.25, 0.3) is 11.8 Å². The Kier molecular flexibility index (Phi) is 5.41. The molecule has 2 aliphatic rings. The van der Waals surface area contributed by atoms with E-state index in [1.807, 2.05) is 42.5 Å². The first kappa shape index (κ1) is 20.3. The third-order valence-electron chi connectivity index (χ3n) is 5.84. The number of amides is 2. The van der Waals surface area contributed by atoms with Gasteiger partial charge in [-0.15, -0.1) is 0 Å². The number of hydrogen-bond acceptors (Lipinski definition) is 4. The molecule has 5 nitrogen and oxygen atoms in total. The van der Waals surface area contributed by atoms with Crippen molar-refractivity contribution in [2.45, 2.75) is 12.8 Å². The molecule has 5 rings (SSSR count). The zero-order valence-electron chi connectivity index (χ0n) is 17.4. The van der Waals surface area contributed by atoms with E-state index in [1.165, 1.54) is 23.4 Å². The topological polar surface area (TPSA) is 52.7 Å². The lowest BCUT2D eigenvalue weighted by Gasteiger charge is -2.18. The lowest BCUT2D eigenvalue weighted by molar-refractivity contribution is -0.120. The number of nitrogens with zero attached hydrogens (tertiary/aromatic N) is 2. The van der Waals surface area contributed by atoms with E-state index >= 15 is 0 Å². The number of anilines is 3. The van der Waals surface area contributed by atoms with E-state index in [-0.39, 0.29) is 17.5 Å². The summed E-state index contributed by atoms with van der Waals surface area (Å²) in [6.07, 6.45) is 2.43. The molecule has 1 fully saturated rings. The van der Waals surface area contributed by atoms with Gasteiger partial charge < -0.3 is 10.2 Å². The number of imide groups is 1. The molecule has 3 aromatic carbocycles. The molecule has 3 aromatic rings. The van der Waals surface area contributed by atoms with E-state index in [2.05, 4.69) is 22.3 Å². The van der Waals surface area contributed by atoms with Gasteiger partial charge >= 0.3 is 0 Å². The zero-order chi connectivity index (χ0) is 22.1. The van der Waals surface area contributed by atoms with E-state index in [1.54, 1.807) is 24.3 Å². The van der Waals surface area contributed by atoms with Gasteiger partial charge in [0.15, 0.2) is 0 Å². The SMILES string of the molecule is O=C1C(Nc2ccc(N3CCCC3)cc2)=C(c2ccccc2)C(=O)N1c1ccc(Cl)cc1. The highest BCUT2D eigenvalue weighted by atomic mass is 35.5. The fraction of sp³-hybridized carbons (Fsp3) is 0.154. The van der Waals surface area contributed by atoms with E-state index in [0.717, 1.165) is 18.8 Å². The summed E-state index contributed by atoms with van der Waals surface area (Å²) in [7, 11) is 0. The monoisotopic (exact) mass is 443 g/mol. The quantitative estimate of drug-likeness (QED) is 0.541. The molecule has 1 N–H and O–H groups in total. The molecule has 0 atom stereocenters. The van der Waals surface area contributed by atoms with Crippen LogP contribution in [0.5, 0.6) is 0 Å². The molecule has 0 bridgehead atoms. The van der Waals surface area contributed by atoms with Gasteiger partial charge in [-0.05, 0) is 66.9 Å². The zero-order valence-corrected chi connectivity index (χ0v) is 18.2. The minimum absolute atomic E-state index is 0.269. The Bertz CT molecular complexity index is 1180. The van der Waals surface area contributed by atoms with Crippen LogP contribution in [-0.4, -0.2) is 24.9 Å². The van der Waals surface area contributed by atoms with Crippen molar-refractivity contribution in [1.82, 2.24) is 0 Å². The second kappa shape index (κ2) is 8.52. The van der Waals surface area contributed by atoms with Gasteiger partial charge in [-0.2, -0.15) is 0 Å². The molecule has 2 amide bonds. The smallest absolute Gasteiger partial charge is 0.282 e. The van der Waals surface area contributed by atoms with E-state index < -0.39 is 0 Å². The predicted octanol–water partition coefficient (Wildman–Crippen LogP) is 5.34. The maximum atomic E-state index is 13.4. The molecule has 6 heteroatoms. The van der Waals surface area contributed by atoms with Crippen molar-refractivity contribution in [3.63, 3.8) is 0 Å². The Labute approximate surface area is 191 Å². The predicted molar refractivity (Wildman–Crippen MR) is 129 cm³/mol. The fourth-order valence-electron chi connectivity index (χ4n) is 4.22. The first-order chi connectivity index (χ1) is 15.6. The molecule has 0 aliphatic carbocycles. The second-order valence-corrected chi connectivity index (χ2v) is 8.34. The van der Waals surface area contributed by atoms with Crippen LogP contribution < -0.4 is 15.1 Å². The van der Waals surface area contributed by atoms with Crippen LogP contribution in [0.25, 0.3) is 5.57 Å². The van der Waals surface area contributed by atoms with Gasteiger partial charge in [0.05, 0.1) is 11.3 Å². The minimum atomic E-state index is -0.389. The van der Waals surface area contributed by atoms with E-state index in [0.29, 0.717) is 21.8 Å². The lowest BCUT2D eigenvalue weighted by atomic mass is 10.0. The van der Waals surface area contributed by atoms with Crippen LogP contribution in [0, 0.1) is 0 Å². The summed E-state index contributed by atoms with van der Waals surface area (Å²) >= 11 is 6.00. The molecule has 0 saturated carbocycles. The van der Waals surface area contributed by atoms with Crippen LogP contribution in [0.1, 0.15) is 18.4 Å². The number of halogens is 1. The maximum absolute atomic E-state index is 13.4. The number of rotatable bonds is 5. The molecular weight excluding hydrogens is 422 g/mol. The summed E-state index contributed by atoms with van der Waals surface area (Å²) in [4.78, 5) is 30.4. The Hall–Kier alpha value is -3.57. The molecule has 32 heavy (non-hydrogen) atoms. The summed E-state index contributed by atoms with van der Waals surface area (Å²) in [6.45, 7) is 2.14. The number of nitrogens with one attached hydrogen (secondary N) is 1. The summed E-state index contributed by atoms with van der Waals surface area (Å²) in [5.41, 5.74) is 3.73. The Morgan fingerprint density at radius 3 is 2.00 bits per heavy atom. The van der Waals surface area contributed by atoms with Crippen molar-refractivity contribution in [3.8, 4) is 0 Å². The van der Waals surface area contributed by atoms with E-state index in [9.17, 15) is 9.59 Å². The van der Waals surface area contributed by atoms with Crippen molar-refractivity contribution >= 4 is 46.1 Å². The van der Waals surface area contributed by atoms with Crippen LogP contribution in [0.4, 0.5) is 17.1 Å². The summed E-state index contributed by atoms with van der Waals surface area (Å²) < 4.78 is 0. The highest BCUT2D eigenvalue weighted by molar-refractivity contribution is 6.46. The van der Waals surface area contributed by atoms with Crippen LogP contribution >= 0.6 is 11.6 Å². The van der Waals surface area contributed by atoms with Crippen molar-refractivity contribution < 1.29 is 9.59 Å². The first-order valence-corrected chi connectivity index (χ1v) is 11.1. The highest BCUT2D eigenvalue weighted by Crippen LogP contribution is 2.34. The molecule has 160 valence electrons. The van der Waals surface area contributed by atoms with Crippen molar-refractivity contribution in [3.05, 3.63) is 95.1 Å². The maximum Gasteiger partial charge on any atom is 0.282 e. The standard InChI is InChI=1S/C26H22ClN3O2/c27-19-8-12-22(13-9-19)30-25(31)23(18-6-2-1-3-7-18)24(26(30)32)28-20-10-14-21(15-11-20)29-16-4-5-17-29/h1-3,6-15,28H,4-5,16-17H2. The first-order valence-electron chi connectivity index (χ1n) is 10.7. The van der Waals surface area contributed by atoms with Crippen LogP contribution in [0.2, 0.25) is 5.02 Å². The highest BCUT2D eigenvalue weighted by Gasteiger charge is 2.40. The number of carbonyl (C=O) groups is 2. The van der Waals surface area contributed by atoms with Gasteiger partial charge in [0.1, 0.15) is 5.70 Å². The lowest BCUT2D eigenvalue weighted by Crippen LogP contribution is -2.32. The van der Waals surface area contributed by atoms with Crippen LogP contribution in [0.3, 0.4) is 0 Å². The van der Waals surface area contributed by atoms with Gasteiger partial charge in [-0.1, -0.05) is 41.9 Å². The van der Waals surface area contributed by atoms with Gasteiger partial charge in [-0.25, -0.2) is 4.90 Å². The molecule has 0 unspecified atom stereocenters. The second-order valence-electron chi connectivity index (χ2n) is 7.90. The molecule has 0 aromatic heterocycles. The number of hydrogen-bond donors (Lipinski definition) is 1. The molecule has 1 saturated heterocycles. The molecular formula is C26H22ClN3O2.